The van der Waals surface area contributed by atoms with Crippen LogP contribution >= 0.6 is 11.6 Å². The molecule has 9 heteroatoms. The van der Waals surface area contributed by atoms with Gasteiger partial charge in [0.15, 0.2) is 0 Å². The van der Waals surface area contributed by atoms with Crippen molar-refractivity contribution in [1.82, 2.24) is 15.6 Å². The number of fused-ring (bicyclic) bond motifs is 1. The molecule has 0 spiro atoms. The molecule has 0 saturated heterocycles. The second-order valence-corrected chi connectivity index (χ2v) is 7.83. The predicted octanol–water partition coefficient (Wildman–Crippen LogP) is 4.73. The van der Waals surface area contributed by atoms with Crippen LogP contribution < -0.4 is 25.6 Å². The summed E-state index contributed by atoms with van der Waals surface area (Å²) in [7, 11) is 0. The number of anilines is 2. The Hall–Kier alpha value is -3.78. The third-order valence-electron chi connectivity index (χ3n) is 5.15. The number of hydrogen-bond donors (Lipinski definition) is 3. The zero-order valence-corrected chi connectivity index (χ0v) is 18.8. The second-order valence-electron chi connectivity index (χ2n) is 7.42. The molecular formula is C24H24ClN5O3. The molecule has 3 aromatic rings. The number of carbonyl (C=O) groups excluding carboxylic acids is 2. The van der Waals surface area contributed by atoms with Gasteiger partial charge in [-0.15, -0.1) is 0 Å². The quantitative estimate of drug-likeness (QED) is 0.507. The number of hydrogen-bond acceptors (Lipinski definition) is 4. The number of halogens is 1. The average Bonchev–Trinajstić information content (AvgIpc) is 2.83. The van der Waals surface area contributed by atoms with Crippen molar-refractivity contribution in [2.24, 2.45) is 0 Å². The van der Waals surface area contributed by atoms with Gasteiger partial charge in [-0.2, -0.15) is 0 Å². The number of nitrogens with zero attached hydrogens (tertiary/aromatic N) is 2. The minimum Gasteiger partial charge on any atom is -0.482 e. The van der Waals surface area contributed by atoms with E-state index in [2.05, 4.69) is 20.9 Å². The molecule has 170 valence electrons. The molecule has 0 bridgehead atoms. The van der Waals surface area contributed by atoms with Gasteiger partial charge in [0.25, 0.3) is 0 Å². The van der Waals surface area contributed by atoms with Gasteiger partial charge >= 0.3 is 12.1 Å². The molecule has 2 heterocycles. The predicted molar refractivity (Wildman–Crippen MR) is 128 cm³/mol. The lowest BCUT2D eigenvalue weighted by atomic mass is 10.1. The molecule has 4 rings (SSSR count). The highest BCUT2D eigenvalue weighted by molar-refractivity contribution is 6.31. The number of nitrogens with one attached hydrogen (secondary N) is 3. The van der Waals surface area contributed by atoms with Gasteiger partial charge in [-0.05, 0) is 42.8 Å². The topological polar surface area (TPSA) is 95.6 Å². The molecule has 8 nitrogen and oxygen atoms in total. The van der Waals surface area contributed by atoms with Gasteiger partial charge in [0, 0.05) is 47.8 Å². The fourth-order valence-corrected chi connectivity index (χ4v) is 3.82. The van der Waals surface area contributed by atoms with Crippen LogP contribution in [0.1, 0.15) is 24.2 Å². The smallest absolute Gasteiger partial charge is 0.322 e. The van der Waals surface area contributed by atoms with Crippen LogP contribution in [0.15, 0.2) is 67.0 Å². The number of carbonyl (C=O) groups is 2. The number of urea groups is 2. The first-order valence-electron chi connectivity index (χ1n) is 10.6. The van der Waals surface area contributed by atoms with Gasteiger partial charge in [0.2, 0.25) is 0 Å². The largest absolute Gasteiger partial charge is 0.482 e. The Morgan fingerprint density at radius 3 is 2.67 bits per heavy atom. The summed E-state index contributed by atoms with van der Waals surface area (Å²) in [6.07, 6.45) is 2.89. The summed E-state index contributed by atoms with van der Waals surface area (Å²) in [6.45, 7) is 3.04. The van der Waals surface area contributed by atoms with Crippen LogP contribution in [0, 0.1) is 0 Å². The Balaban J connectivity index is 1.54. The number of aromatic nitrogens is 1. The minimum atomic E-state index is -0.454. The molecule has 1 atom stereocenters. The molecule has 1 aliphatic heterocycles. The van der Waals surface area contributed by atoms with E-state index in [4.69, 9.17) is 16.3 Å². The van der Waals surface area contributed by atoms with Crippen molar-refractivity contribution in [2.75, 3.05) is 23.3 Å². The Labute approximate surface area is 196 Å². The van der Waals surface area contributed by atoms with Crippen molar-refractivity contribution in [3.8, 4) is 5.75 Å². The van der Waals surface area contributed by atoms with E-state index in [0.29, 0.717) is 41.8 Å². The number of rotatable bonds is 5. The van der Waals surface area contributed by atoms with Gasteiger partial charge in [-0.1, -0.05) is 29.8 Å². The maximum absolute atomic E-state index is 12.7. The first-order valence-corrected chi connectivity index (χ1v) is 11.0. The van der Waals surface area contributed by atoms with Gasteiger partial charge in [0.1, 0.15) is 11.9 Å². The first-order chi connectivity index (χ1) is 16.0. The van der Waals surface area contributed by atoms with Crippen molar-refractivity contribution in [1.29, 1.82) is 0 Å². The zero-order valence-electron chi connectivity index (χ0n) is 18.0. The van der Waals surface area contributed by atoms with E-state index in [1.54, 1.807) is 41.6 Å². The SMILES string of the molecule is CCNC(=O)N1CC(c2ccccc2Cl)Oc2cc(NC(=O)NCc3ccncc3)ccc21. The standard InChI is InChI=1S/C24H24ClN5O3/c1-2-27-24(32)30-15-22(18-5-3-4-6-19(18)25)33-21-13-17(7-8-20(21)30)29-23(31)28-14-16-9-11-26-12-10-16/h3-13,22H,2,14-15H2,1H3,(H,27,32)(H2,28,29,31). The Morgan fingerprint density at radius 2 is 1.91 bits per heavy atom. The average molecular weight is 466 g/mol. The highest BCUT2D eigenvalue weighted by Gasteiger charge is 2.32. The zero-order chi connectivity index (χ0) is 23.2. The third kappa shape index (κ3) is 5.35. The molecular weight excluding hydrogens is 442 g/mol. The molecule has 0 saturated carbocycles. The van der Waals surface area contributed by atoms with Gasteiger partial charge in [-0.25, -0.2) is 9.59 Å². The number of ether oxygens (including phenoxy) is 1. The van der Waals surface area contributed by atoms with Gasteiger partial charge < -0.3 is 20.7 Å². The van der Waals surface area contributed by atoms with E-state index in [0.717, 1.165) is 11.1 Å². The summed E-state index contributed by atoms with van der Waals surface area (Å²) in [5, 5.41) is 9.01. The Morgan fingerprint density at radius 1 is 1.12 bits per heavy atom. The van der Waals surface area contributed by atoms with Crippen molar-refractivity contribution in [3.05, 3.63) is 83.1 Å². The fourth-order valence-electron chi connectivity index (χ4n) is 3.56. The minimum absolute atomic E-state index is 0.227. The van der Waals surface area contributed by atoms with Crippen LogP contribution in [-0.4, -0.2) is 30.1 Å². The van der Waals surface area contributed by atoms with Crippen molar-refractivity contribution in [2.45, 2.75) is 19.6 Å². The highest BCUT2D eigenvalue weighted by atomic mass is 35.5. The molecule has 0 aliphatic carbocycles. The summed E-state index contributed by atoms with van der Waals surface area (Å²) >= 11 is 6.39. The van der Waals surface area contributed by atoms with Crippen LogP contribution in [0.2, 0.25) is 5.02 Å². The highest BCUT2D eigenvalue weighted by Crippen LogP contribution is 2.41. The van der Waals surface area contributed by atoms with E-state index >= 15 is 0 Å². The van der Waals surface area contributed by atoms with Gasteiger partial charge in [-0.3, -0.25) is 9.88 Å². The number of benzene rings is 2. The number of pyridine rings is 1. The maximum Gasteiger partial charge on any atom is 0.322 e. The van der Waals surface area contributed by atoms with Crippen molar-refractivity contribution < 1.29 is 14.3 Å². The molecule has 0 fully saturated rings. The number of amides is 4. The van der Waals surface area contributed by atoms with Crippen LogP contribution in [-0.2, 0) is 6.54 Å². The molecule has 2 aromatic carbocycles. The van der Waals surface area contributed by atoms with Crippen LogP contribution in [0.5, 0.6) is 5.75 Å². The van der Waals surface area contributed by atoms with Crippen LogP contribution in [0.3, 0.4) is 0 Å². The van der Waals surface area contributed by atoms with Crippen LogP contribution in [0.4, 0.5) is 21.0 Å². The maximum atomic E-state index is 12.7. The summed E-state index contributed by atoms with van der Waals surface area (Å²) in [6, 6.07) is 15.7. The second kappa shape index (κ2) is 10.2. The van der Waals surface area contributed by atoms with Crippen molar-refractivity contribution >= 4 is 35.0 Å². The molecule has 1 unspecified atom stereocenters. The molecule has 1 aromatic heterocycles. The Bertz CT molecular complexity index is 1140. The fraction of sp³-hybridized carbons (Fsp3) is 0.208. The monoisotopic (exact) mass is 465 g/mol. The first kappa shape index (κ1) is 22.4. The van der Waals surface area contributed by atoms with E-state index < -0.39 is 6.10 Å². The summed E-state index contributed by atoms with van der Waals surface area (Å²) in [5.74, 6) is 0.476. The van der Waals surface area contributed by atoms with E-state index in [1.807, 2.05) is 37.3 Å². The van der Waals surface area contributed by atoms with E-state index in [-0.39, 0.29) is 12.1 Å². The summed E-state index contributed by atoms with van der Waals surface area (Å²) < 4.78 is 6.22. The molecule has 1 aliphatic rings. The van der Waals surface area contributed by atoms with E-state index in [1.165, 1.54) is 0 Å². The normalized spacial score (nSPS) is 14.6. The lowest BCUT2D eigenvalue weighted by Crippen LogP contribution is -2.45. The lowest BCUT2D eigenvalue weighted by Gasteiger charge is -2.35. The molecule has 4 amide bonds. The van der Waals surface area contributed by atoms with E-state index in [9.17, 15) is 9.59 Å². The summed E-state index contributed by atoms with van der Waals surface area (Å²) in [5.41, 5.74) is 2.88. The van der Waals surface area contributed by atoms with Crippen LogP contribution in [0.25, 0.3) is 0 Å². The molecule has 0 radical (unpaired) electrons. The molecule has 33 heavy (non-hydrogen) atoms. The van der Waals surface area contributed by atoms with Gasteiger partial charge in [0.05, 0.1) is 12.2 Å². The summed E-state index contributed by atoms with van der Waals surface area (Å²) in [4.78, 5) is 30.7. The van der Waals surface area contributed by atoms with Crippen molar-refractivity contribution in [3.63, 3.8) is 0 Å². The Kier molecular flexibility index (Phi) is 6.95. The lowest BCUT2D eigenvalue weighted by molar-refractivity contribution is 0.193. The third-order valence-corrected chi connectivity index (χ3v) is 5.50. The molecule has 3 N–H and O–H groups in total.